The number of carbonyl (C=O) groups excluding carboxylic acids is 1. The third-order valence-electron chi connectivity index (χ3n) is 5.16. The van der Waals surface area contributed by atoms with E-state index >= 15 is 0 Å². The molecule has 1 amide bonds. The summed E-state index contributed by atoms with van der Waals surface area (Å²) >= 11 is 0. The lowest BCUT2D eigenvalue weighted by Gasteiger charge is -2.44. The zero-order valence-electron chi connectivity index (χ0n) is 12.3. The molecule has 0 saturated carbocycles. The fourth-order valence-electron chi connectivity index (χ4n) is 3.90. The van der Waals surface area contributed by atoms with E-state index in [2.05, 4.69) is 9.80 Å². The number of likely N-dealkylation sites (tertiary alicyclic amines) is 2. The Morgan fingerprint density at radius 1 is 0.950 bits per heavy atom. The number of hydrogen-bond donors (Lipinski definition) is 1. The lowest BCUT2D eigenvalue weighted by atomic mass is 9.95. The summed E-state index contributed by atoms with van der Waals surface area (Å²) < 4.78 is 5.44. The first-order valence-electron chi connectivity index (χ1n) is 8.13. The molecule has 0 bridgehead atoms. The predicted molar refractivity (Wildman–Crippen MR) is 77.4 cm³/mol. The van der Waals surface area contributed by atoms with E-state index in [4.69, 9.17) is 10.5 Å². The maximum absolute atomic E-state index is 12.2. The minimum absolute atomic E-state index is 0.181. The fourth-order valence-corrected chi connectivity index (χ4v) is 3.90. The van der Waals surface area contributed by atoms with Gasteiger partial charge in [0.2, 0.25) is 5.91 Å². The summed E-state index contributed by atoms with van der Waals surface area (Å²) in [5, 5.41) is 0. The van der Waals surface area contributed by atoms with Crippen LogP contribution in [0.3, 0.4) is 0 Å². The predicted octanol–water partition coefficient (Wildman–Crippen LogP) is 0.580. The molecule has 3 rings (SSSR count). The van der Waals surface area contributed by atoms with Gasteiger partial charge in [-0.2, -0.15) is 0 Å². The van der Waals surface area contributed by atoms with Crippen molar-refractivity contribution in [2.24, 2.45) is 5.73 Å². The van der Waals surface area contributed by atoms with Crippen molar-refractivity contribution in [3.05, 3.63) is 0 Å². The molecule has 2 N–H and O–H groups in total. The van der Waals surface area contributed by atoms with E-state index in [9.17, 15) is 4.79 Å². The highest BCUT2D eigenvalue weighted by atomic mass is 16.5. The maximum atomic E-state index is 12.2. The molecule has 0 aromatic rings. The number of nitrogens with two attached hydrogens (primary N) is 1. The van der Waals surface area contributed by atoms with Gasteiger partial charge >= 0.3 is 0 Å². The number of nitrogens with zero attached hydrogens (tertiary/aromatic N) is 2. The Morgan fingerprint density at radius 2 is 1.65 bits per heavy atom. The minimum atomic E-state index is -0.253. The van der Waals surface area contributed by atoms with Crippen molar-refractivity contribution in [2.45, 2.75) is 56.7 Å². The quantitative estimate of drug-likeness (QED) is 0.804. The third-order valence-corrected chi connectivity index (χ3v) is 5.16. The minimum Gasteiger partial charge on any atom is -0.381 e. The zero-order chi connectivity index (χ0) is 13.9. The van der Waals surface area contributed by atoms with Crippen LogP contribution in [-0.2, 0) is 9.53 Å². The lowest BCUT2D eigenvalue weighted by molar-refractivity contribution is -0.138. The van der Waals surface area contributed by atoms with Crippen LogP contribution < -0.4 is 5.73 Å². The van der Waals surface area contributed by atoms with Crippen LogP contribution in [0, 0.1) is 0 Å². The zero-order valence-corrected chi connectivity index (χ0v) is 12.3. The summed E-state index contributed by atoms with van der Waals surface area (Å²) in [7, 11) is 0. The largest absolute Gasteiger partial charge is 0.381 e. The van der Waals surface area contributed by atoms with Crippen molar-refractivity contribution in [3.8, 4) is 0 Å². The highest BCUT2D eigenvalue weighted by molar-refractivity contribution is 5.82. The summed E-state index contributed by atoms with van der Waals surface area (Å²) in [6.45, 7) is 4.96. The lowest BCUT2D eigenvalue weighted by Crippen LogP contribution is -2.56. The highest BCUT2D eigenvalue weighted by Gasteiger charge is 2.34. The molecule has 5 nitrogen and oxygen atoms in total. The van der Waals surface area contributed by atoms with Gasteiger partial charge in [0.1, 0.15) is 0 Å². The molecule has 20 heavy (non-hydrogen) atoms. The summed E-state index contributed by atoms with van der Waals surface area (Å²) in [4.78, 5) is 16.8. The molecule has 0 aromatic heterocycles. The van der Waals surface area contributed by atoms with Crippen LogP contribution >= 0.6 is 0 Å². The molecule has 5 heteroatoms. The number of ether oxygens (including phenoxy) is 1. The molecular weight excluding hydrogens is 254 g/mol. The van der Waals surface area contributed by atoms with Gasteiger partial charge < -0.3 is 20.3 Å². The Kier molecular flexibility index (Phi) is 4.58. The topological polar surface area (TPSA) is 58.8 Å². The monoisotopic (exact) mass is 281 g/mol. The Labute approximate surface area is 121 Å². The van der Waals surface area contributed by atoms with Gasteiger partial charge in [0.15, 0.2) is 0 Å². The summed E-state index contributed by atoms with van der Waals surface area (Å²) in [5.41, 5.74) is 5.90. The van der Waals surface area contributed by atoms with E-state index in [-0.39, 0.29) is 11.9 Å². The van der Waals surface area contributed by atoms with Crippen molar-refractivity contribution < 1.29 is 9.53 Å². The molecule has 0 radical (unpaired) electrons. The normalized spacial score (nSPS) is 31.8. The smallest absolute Gasteiger partial charge is 0.239 e. The van der Waals surface area contributed by atoms with Gasteiger partial charge in [-0.15, -0.1) is 0 Å². The molecule has 1 atom stereocenters. The molecule has 3 aliphatic heterocycles. The van der Waals surface area contributed by atoms with Crippen molar-refractivity contribution in [1.29, 1.82) is 0 Å². The molecule has 0 aliphatic carbocycles. The van der Waals surface area contributed by atoms with Crippen molar-refractivity contribution in [1.82, 2.24) is 9.80 Å². The molecule has 3 heterocycles. The highest BCUT2D eigenvalue weighted by Crippen LogP contribution is 2.24. The fraction of sp³-hybridized carbons (Fsp3) is 0.933. The molecule has 0 spiro atoms. The molecular formula is C15H27N3O2. The van der Waals surface area contributed by atoms with Crippen molar-refractivity contribution in [2.75, 3.05) is 32.8 Å². The summed E-state index contributed by atoms with van der Waals surface area (Å²) in [5.74, 6) is 0.181. The van der Waals surface area contributed by atoms with E-state index in [1.165, 1.54) is 0 Å². The number of piperidine rings is 2. The molecule has 3 fully saturated rings. The van der Waals surface area contributed by atoms with Gasteiger partial charge in [-0.1, -0.05) is 0 Å². The average molecular weight is 281 g/mol. The SMILES string of the molecule is NC1CCCN(C2CCN(C3CCOCC3)CC2)C1=O. The number of carbonyl (C=O) groups is 1. The second-order valence-electron chi connectivity index (χ2n) is 6.39. The number of rotatable bonds is 2. The molecule has 1 unspecified atom stereocenters. The summed E-state index contributed by atoms with van der Waals surface area (Å²) in [6, 6.07) is 0.867. The first-order valence-corrected chi connectivity index (χ1v) is 8.13. The van der Waals surface area contributed by atoms with Gasteiger partial charge in [0.05, 0.1) is 6.04 Å². The molecule has 3 aliphatic rings. The molecule has 0 aromatic carbocycles. The van der Waals surface area contributed by atoms with Crippen LogP contribution in [0.1, 0.15) is 38.5 Å². The van der Waals surface area contributed by atoms with Crippen LogP contribution in [0.5, 0.6) is 0 Å². The van der Waals surface area contributed by atoms with E-state index in [0.29, 0.717) is 12.1 Å². The Bertz CT molecular complexity index is 336. The second-order valence-corrected chi connectivity index (χ2v) is 6.39. The van der Waals surface area contributed by atoms with Crippen LogP contribution in [0.25, 0.3) is 0 Å². The Balaban J connectivity index is 1.51. The van der Waals surface area contributed by atoms with Crippen molar-refractivity contribution in [3.63, 3.8) is 0 Å². The average Bonchev–Trinajstić information content (AvgIpc) is 2.51. The number of amides is 1. The first-order chi connectivity index (χ1) is 9.75. The van der Waals surface area contributed by atoms with Gasteiger partial charge in [-0.05, 0) is 38.5 Å². The van der Waals surface area contributed by atoms with Gasteiger partial charge in [-0.3, -0.25) is 4.79 Å². The molecule has 114 valence electrons. The van der Waals surface area contributed by atoms with Crippen LogP contribution in [0.4, 0.5) is 0 Å². The van der Waals surface area contributed by atoms with E-state index < -0.39 is 0 Å². The van der Waals surface area contributed by atoms with Crippen LogP contribution in [-0.4, -0.2) is 66.7 Å². The third kappa shape index (κ3) is 3.00. The van der Waals surface area contributed by atoms with Crippen molar-refractivity contribution >= 4 is 5.91 Å². The Hall–Kier alpha value is -0.650. The van der Waals surface area contributed by atoms with E-state index in [1.54, 1.807) is 0 Å². The van der Waals surface area contributed by atoms with Gasteiger partial charge in [0, 0.05) is 44.9 Å². The van der Waals surface area contributed by atoms with Gasteiger partial charge in [-0.25, -0.2) is 0 Å². The Morgan fingerprint density at radius 3 is 2.35 bits per heavy atom. The van der Waals surface area contributed by atoms with Crippen LogP contribution in [0.2, 0.25) is 0 Å². The van der Waals surface area contributed by atoms with E-state index in [0.717, 1.165) is 71.4 Å². The maximum Gasteiger partial charge on any atom is 0.239 e. The van der Waals surface area contributed by atoms with Crippen LogP contribution in [0.15, 0.2) is 0 Å². The summed E-state index contributed by atoms with van der Waals surface area (Å²) in [6.07, 6.45) is 6.46. The van der Waals surface area contributed by atoms with Gasteiger partial charge in [0.25, 0.3) is 0 Å². The standard InChI is InChI=1S/C15H27N3O2/c16-14-2-1-7-18(15(14)19)13-3-8-17(9-4-13)12-5-10-20-11-6-12/h12-14H,1-11,16H2. The van der Waals surface area contributed by atoms with E-state index in [1.807, 2.05) is 0 Å². The molecule has 3 saturated heterocycles. The first kappa shape index (κ1) is 14.3. The second kappa shape index (κ2) is 6.41. The number of hydrogen-bond acceptors (Lipinski definition) is 4.